The first-order valence-corrected chi connectivity index (χ1v) is 10.1. The number of fused-ring (bicyclic) bond motifs is 2. The number of anilines is 1. The van der Waals surface area contributed by atoms with Crippen molar-refractivity contribution < 1.29 is 4.79 Å². The smallest absolute Gasteiger partial charge is 0.265 e. The highest BCUT2D eigenvalue weighted by molar-refractivity contribution is 7.99. The second kappa shape index (κ2) is 7.17. The maximum atomic E-state index is 13.1. The lowest BCUT2D eigenvalue weighted by Crippen LogP contribution is -2.27. The van der Waals surface area contributed by atoms with E-state index < -0.39 is 0 Å². The van der Waals surface area contributed by atoms with Gasteiger partial charge in [-0.15, -0.1) is 0 Å². The van der Waals surface area contributed by atoms with Crippen molar-refractivity contribution >= 4 is 34.4 Å². The van der Waals surface area contributed by atoms with Gasteiger partial charge in [-0.1, -0.05) is 30.0 Å². The predicted molar refractivity (Wildman–Crippen MR) is 110 cm³/mol. The summed E-state index contributed by atoms with van der Waals surface area (Å²) in [7, 11) is 0. The van der Waals surface area contributed by atoms with Gasteiger partial charge in [0.1, 0.15) is 5.39 Å². The van der Waals surface area contributed by atoms with Crippen LogP contribution >= 0.6 is 11.8 Å². The third kappa shape index (κ3) is 3.19. The van der Waals surface area contributed by atoms with Gasteiger partial charge >= 0.3 is 0 Å². The monoisotopic (exact) mass is 404 g/mol. The summed E-state index contributed by atoms with van der Waals surface area (Å²) in [5, 5.41) is 8.23. The van der Waals surface area contributed by atoms with E-state index in [-0.39, 0.29) is 23.9 Å². The second-order valence-corrected chi connectivity index (χ2v) is 7.64. The summed E-state index contributed by atoms with van der Waals surface area (Å²) in [4.78, 5) is 34.2. The van der Waals surface area contributed by atoms with Gasteiger partial charge in [0.15, 0.2) is 10.8 Å². The van der Waals surface area contributed by atoms with Crippen molar-refractivity contribution in [3.05, 3.63) is 71.4 Å². The average Bonchev–Trinajstić information content (AvgIpc) is 3.34. The molecule has 1 aromatic carbocycles. The number of amides is 1. The molecule has 1 atom stereocenters. The molecule has 0 spiro atoms. The van der Waals surface area contributed by atoms with Gasteiger partial charge in [0.05, 0.1) is 29.8 Å². The zero-order chi connectivity index (χ0) is 19.8. The zero-order valence-corrected chi connectivity index (χ0v) is 16.0. The number of carbonyl (C=O) groups excluding carboxylic acids is 1. The molecule has 29 heavy (non-hydrogen) atoms. The summed E-state index contributed by atoms with van der Waals surface area (Å²) in [6, 6.07) is 12.9. The molecule has 4 heterocycles. The van der Waals surface area contributed by atoms with Gasteiger partial charge in [-0.2, -0.15) is 5.10 Å². The maximum absolute atomic E-state index is 13.1. The third-order valence-electron chi connectivity index (χ3n) is 4.74. The Balaban J connectivity index is 1.46. The molecule has 5 rings (SSSR count). The molecule has 0 saturated heterocycles. The van der Waals surface area contributed by atoms with Gasteiger partial charge in [-0.3, -0.25) is 19.1 Å². The lowest BCUT2D eigenvalue weighted by Gasteiger charge is -2.13. The largest absolute Gasteiger partial charge is 0.325 e. The molecule has 9 heteroatoms. The van der Waals surface area contributed by atoms with Gasteiger partial charge in [0.2, 0.25) is 5.91 Å². The average molecular weight is 404 g/mol. The van der Waals surface area contributed by atoms with E-state index in [1.807, 2.05) is 30.3 Å². The summed E-state index contributed by atoms with van der Waals surface area (Å²) >= 11 is 1.48. The van der Waals surface area contributed by atoms with Crippen LogP contribution in [-0.4, -0.2) is 36.0 Å². The molecular formula is C20H16N6O2S. The summed E-state index contributed by atoms with van der Waals surface area (Å²) < 4.78 is 3.29. The van der Waals surface area contributed by atoms with Crippen LogP contribution in [-0.2, 0) is 4.79 Å². The molecule has 1 aliphatic heterocycles. The number of carbonyl (C=O) groups is 1. The molecule has 144 valence electrons. The number of aromatic nitrogens is 5. The number of nitrogens with one attached hydrogen (secondary N) is 1. The molecular weight excluding hydrogens is 388 g/mol. The number of hydrogen-bond donors (Lipinski definition) is 1. The summed E-state index contributed by atoms with van der Waals surface area (Å²) in [6.07, 6.45) is 4.96. The first kappa shape index (κ1) is 17.6. The molecule has 0 unspecified atom stereocenters. The fraction of sp³-hybridized carbons (Fsp3) is 0.150. The topological polar surface area (TPSA) is 94.7 Å². The summed E-state index contributed by atoms with van der Waals surface area (Å²) in [6.45, 7) is 0. The Labute approximate surface area is 169 Å². The molecule has 1 amide bonds. The quantitative estimate of drug-likeness (QED) is 0.526. The van der Waals surface area contributed by atoms with E-state index in [4.69, 9.17) is 0 Å². The van der Waals surface area contributed by atoms with E-state index >= 15 is 0 Å². The minimum absolute atomic E-state index is 0.163. The highest BCUT2D eigenvalue weighted by atomic mass is 32.2. The standard InChI is InChI=1S/C20H16N6O2S/c27-17(23-13-5-4-8-21-10-13)9-15-12-29-20-24-18-16(19(28)25(15)20)11-22-26(18)14-6-2-1-3-7-14/h1-8,10-11,15H,9,12H2,(H,23,27)/t15-/m0/s1. The van der Waals surface area contributed by atoms with E-state index in [0.29, 0.717) is 27.6 Å². The fourth-order valence-electron chi connectivity index (χ4n) is 3.40. The Bertz CT molecular complexity index is 1250. The van der Waals surface area contributed by atoms with Crippen LogP contribution in [0.1, 0.15) is 12.5 Å². The Morgan fingerprint density at radius 3 is 2.83 bits per heavy atom. The van der Waals surface area contributed by atoms with E-state index in [2.05, 4.69) is 20.4 Å². The normalized spacial score (nSPS) is 15.4. The second-order valence-electron chi connectivity index (χ2n) is 6.66. The Morgan fingerprint density at radius 2 is 2.03 bits per heavy atom. The van der Waals surface area contributed by atoms with E-state index in [1.165, 1.54) is 11.8 Å². The van der Waals surface area contributed by atoms with Crippen LogP contribution in [0.4, 0.5) is 5.69 Å². The molecule has 1 aliphatic rings. The molecule has 0 fully saturated rings. The van der Waals surface area contributed by atoms with Crippen LogP contribution < -0.4 is 10.9 Å². The van der Waals surface area contributed by atoms with Crippen LogP contribution in [0.2, 0.25) is 0 Å². The number of nitrogens with zero attached hydrogens (tertiary/aromatic N) is 5. The first-order valence-electron chi connectivity index (χ1n) is 9.09. The van der Waals surface area contributed by atoms with Crippen LogP contribution in [0.15, 0.2) is 71.0 Å². The van der Waals surface area contributed by atoms with Crippen LogP contribution in [0, 0.1) is 0 Å². The van der Waals surface area contributed by atoms with Gasteiger partial charge in [0, 0.05) is 18.4 Å². The van der Waals surface area contributed by atoms with Crippen molar-refractivity contribution in [1.82, 2.24) is 24.3 Å². The zero-order valence-electron chi connectivity index (χ0n) is 15.2. The number of thioether (sulfide) groups is 1. The number of benzene rings is 1. The number of rotatable bonds is 4. The van der Waals surface area contributed by atoms with Gasteiger partial charge < -0.3 is 5.32 Å². The fourth-order valence-corrected chi connectivity index (χ4v) is 4.53. The van der Waals surface area contributed by atoms with Gasteiger partial charge in [-0.05, 0) is 24.3 Å². The molecule has 0 aliphatic carbocycles. The van der Waals surface area contributed by atoms with E-state index in [1.54, 1.807) is 40.0 Å². The van der Waals surface area contributed by atoms with Crippen molar-refractivity contribution in [2.75, 3.05) is 11.1 Å². The molecule has 3 aromatic heterocycles. The van der Waals surface area contributed by atoms with Crippen LogP contribution in [0.5, 0.6) is 0 Å². The molecule has 4 aromatic rings. The van der Waals surface area contributed by atoms with Crippen molar-refractivity contribution in [3.63, 3.8) is 0 Å². The van der Waals surface area contributed by atoms with Crippen molar-refractivity contribution in [1.29, 1.82) is 0 Å². The molecule has 0 radical (unpaired) electrons. The van der Waals surface area contributed by atoms with Crippen LogP contribution in [0.3, 0.4) is 0 Å². The van der Waals surface area contributed by atoms with Crippen LogP contribution in [0.25, 0.3) is 16.7 Å². The predicted octanol–water partition coefficient (Wildman–Crippen LogP) is 2.65. The number of para-hydroxylation sites is 1. The van der Waals surface area contributed by atoms with Gasteiger partial charge in [0.25, 0.3) is 5.56 Å². The molecule has 1 N–H and O–H groups in total. The SMILES string of the molecule is O=C(C[C@H]1CSc2nc3c(cnn3-c3ccccc3)c(=O)n21)Nc1cccnc1. The molecule has 0 saturated carbocycles. The minimum Gasteiger partial charge on any atom is -0.325 e. The van der Waals surface area contributed by atoms with Crippen molar-refractivity contribution in [2.45, 2.75) is 17.6 Å². The molecule has 0 bridgehead atoms. The van der Waals surface area contributed by atoms with Crippen molar-refractivity contribution in [3.8, 4) is 5.69 Å². The Kier molecular flexibility index (Phi) is 4.36. The minimum atomic E-state index is -0.254. The summed E-state index contributed by atoms with van der Waals surface area (Å²) in [5.41, 5.74) is 1.83. The first-order chi connectivity index (χ1) is 14.2. The highest BCUT2D eigenvalue weighted by Gasteiger charge is 2.29. The highest BCUT2D eigenvalue weighted by Crippen LogP contribution is 2.33. The lowest BCUT2D eigenvalue weighted by atomic mass is 10.2. The maximum Gasteiger partial charge on any atom is 0.265 e. The van der Waals surface area contributed by atoms with E-state index in [0.717, 1.165) is 5.69 Å². The summed E-state index contributed by atoms with van der Waals surface area (Å²) in [5.74, 6) is 0.456. The lowest BCUT2D eigenvalue weighted by molar-refractivity contribution is -0.116. The number of pyridine rings is 1. The third-order valence-corrected chi connectivity index (χ3v) is 5.84. The Morgan fingerprint density at radius 1 is 1.17 bits per heavy atom. The Hall–Kier alpha value is -3.46. The van der Waals surface area contributed by atoms with E-state index in [9.17, 15) is 9.59 Å². The molecule has 8 nitrogen and oxygen atoms in total. The van der Waals surface area contributed by atoms with Crippen molar-refractivity contribution in [2.24, 2.45) is 0 Å². The number of hydrogen-bond acceptors (Lipinski definition) is 6. The van der Waals surface area contributed by atoms with Gasteiger partial charge in [-0.25, -0.2) is 9.67 Å².